The highest BCUT2D eigenvalue weighted by molar-refractivity contribution is 5.87. The number of Topliss-reactive ketones (excluding diaryl/α,β-unsaturated/α-hetero) is 1. The van der Waals surface area contributed by atoms with Gasteiger partial charge in [0.15, 0.2) is 0 Å². The Hall–Kier alpha value is -1.84. The Labute approximate surface area is 100 Å². The highest BCUT2D eigenvalue weighted by Gasteiger charge is 2.35. The number of ketones is 1. The van der Waals surface area contributed by atoms with Gasteiger partial charge in [-0.05, 0) is 5.56 Å². The number of carbonyl (C=O) groups is 2. The van der Waals surface area contributed by atoms with Crippen molar-refractivity contribution in [1.29, 1.82) is 0 Å². The standard InChI is InChI=1S/C13H15NO3/c1-17-13(16)14(11-7-12(15)8-11)9-10-5-3-2-4-6-10/h2-6,11H,7-9H2,1H3. The molecule has 0 N–H and O–H groups in total. The van der Waals surface area contributed by atoms with E-state index in [2.05, 4.69) is 0 Å². The minimum atomic E-state index is -0.369. The summed E-state index contributed by atoms with van der Waals surface area (Å²) in [5.41, 5.74) is 1.04. The van der Waals surface area contributed by atoms with Crippen LogP contribution in [0.5, 0.6) is 0 Å². The summed E-state index contributed by atoms with van der Waals surface area (Å²) in [7, 11) is 1.36. The number of methoxy groups -OCH3 is 1. The normalized spacial score (nSPS) is 15.2. The first-order valence-electron chi connectivity index (χ1n) is 5.61. The predicted molar refractivity (Wildman–Crippen MR) is 62.4 cm³/mol. The Balaban J connectivity index is 2.06. The van der Waals surface area contributed by atoms with Crippen LogP contribution in [0, 0.1) is 0 Å². The molecular weight excluding hydrogens is 218 g/mol. The average molecular weight is 233 g/mol. The summed E-state index contributed by atoms with van der Waals surface area (Å²) in [4.78, 5) is 24.3. The van der Waals surface area contributed by atoms with Crippen LogP contribution in [0.4, 0.5) is 4.79 Å². The number of nitrogens with zero attached hydrogens (tertiary/aromatic N) is 1. The molecule has 17 heavy (non-hydrogen) atoms. The zero-order valence-electron chi connectivity index (χ0n) is 9.76. The van der Waals surface area contributed by atoms with E-state index in [0.717, 1.165) is 5.56 Å². The summed E-state index contributed by atoms with van der Waals surface area (Å²) in [5.74, 6) is 0.206. The third-order valence-corrected chi connectivity index (χ3v) is 2.97. The molecule has 0 bridgehead atoms. The molecule has 0 atom stereocenters. The lowest BCUT2D eigenvalue weighted by molar-refractivity contribution is -0.127. The summed E-state index contributed by atoms with van der Waals surface area (Å²) in [5, 5.41) is 0. The van der Waals surface area contributed by atoms with Gasteiger partial charge in [-0.3, -0.25) is 4.79 Å². The first-order valence-corrected chi connectivity index (χ1v) is 5.61. The van der Waals surface area contributed by atoms with Crippen LogP contribution in [-0.4, -0.2) is 29.9 Å². The van der Waals surface area contributed by atoms with Crippen molar-refractivity contribution in [3.63, 3.8) is 0 Å². The lowest BCUT2D eigenvalue weighted by atomic mass is 9.90. The summed E-state index contributed by atoms with van der Waals surface area (Å²) < 4.78 is 4.75. The third kappa shape index (κ3) is 2.64. The van der Waals surface area contributed by atoms with Crippen molar-refractivity contribution < 1.29 is 14.3 Å². The first-order chi connectivity index (χ1) is 8.20. The quantitative estimate of drug-likeness (QED) is 0.802. The van der Waals surface area contributed by atoms with Gasteiger partial charge in [-0.1, -0.05) is 30.3 Å². The van der Waals surface area contributed by atoms with Gasteiger partial charge in [0.1, 0.15) is 5.78 Å². The second kappa shape index (κ2) is 4.99. The molecule has 1 amide bonds. The molecule has 1 aliphatic rings. The molecule has 1 saturated carbocycles. The monoisotopic (exact) mass is 233 g/mol. The van der Waals surface area contributed by atoms with E-state index < -0.39 is 0 Å². The molecule has 4 nitrogen and oxygen atoms in total. The molecule has 0 aromatic heterocycles. The van der Waals surface area contributed by atoms with Crippen LogP contribution < -0.4 is 0 Å². The van der Waals surface area contributed by atoms with Gasteiger partial charge >= 0.3 is 6.09 Å². The number of hydrogen-bond donors (Lipinski definition) is 0. The lowest BCUT2D eigenvalue weighted by Crippen LogP contribution is -2.47. The third-order valence-electron chi connectivity index (χ3n) is 2.97. The van der Waals surface area contributed by atoms with Crippen molar-refractivity contribution in [3.05, 3.63) is 35.9 Å². The Morgan fingerprint density at radius 2 is 2.00 bits per heavy atom. The van der Waals surface area contributed by atoms with E-state index in [9.17, 15) is 9.59 Å². The maximum absolute atomic E-state index is 11.6. The van der Waals surface area contributed by atoms with E-state index in [-0.39, 0.29) is 17.9 Å². The number of carbonyl (C=O) groups excluding carboxylic acids is 2. The Bertz CT molecular complexity index is 408. The molecule has 2 rings (SSSR count). The average Bonchev–Trinajstić information content (AvgIpc) is 2.33. The van der Waals surface area contributed by atoms with Crippen molar-refractivity contribution in [3.8, 4) is 0 Å². The number of rotatable bonds is 3. The zero-order chi connectivity index (χ0) is 12.3. The van der Waals surface area contributed by atoms with Crippen molar-refractivity contribution in [2.45, 2.75) is 25.4 Å². The molecule has 1 fully saturated rings. The van der Waals surface area contributed by atoms with Crippen LogP contribution in [0.3, 0.4) is 0 Å². The van der Waals surface area contributed by atoms with Crippen LogP contribution in [0.1, 0.15) is 18.4 Å². The molecule has 1 aromatic carbocycles. The minimum absolute atomic E-state index is 0.00449. The molecule has 0 heterocycles. The summed E-state index contributed by atoms with van der Waals surface area (Å²) in [6.07, 6.45) is 0.524. The van der Waals surface area contributed by atoms with Crippen molar-refractivity contribution >= 4 is 11.9 Å². The zero-order valence-corrected chi connectivity index (χ0v) is 9.76. The summed E-state index contributed by atoms with van der Waals surface area (Å²) in [6, 6.07) is 9.69. The first kappa shape index (κ1) is 11.6. The molecule has 4 heteroatoms. The molecule has 1 aliphatic carbocycles. The highest BCUT2D eigenvalue weighted by Crippen LogP contribution is 2.24. The lowest BCUT2D eigenvalue weighted by Gasteiger charge is -2.35. The maximum atomic E-state index is 11.6. The number of hydrogen-bond acceptors (Lipinski definition) is 3. The molecule has 0 radical (unpaired) electrons. The molecule has 0 saturated heterocycles. The number of benzene rings is 1. The summed E-state index contributed by atoms with van der Waals surface area (Å²) in [6.45, 7) is 0.492. The van der Waals surface area contributed by atoms with Crippen molar-refractivity contribution in [2.24, 2.45) is 0 Å². The van der Waals surface area contributed by atoms with Crippen LogP contribution in [0.2, 0.25) is 0 Å². The fourth-order valence-electron chi connectivity index (χ4n) is 1.93. The Morgan fingerprint density at radius 3 is 2.53 bits per heavy atom. The number of amides is 1. The molecule has 0 unspecified atom stereocenters. The molecule has 1 aromatic rings. The van der Waals surface area contributed by atoms with Gasteiger partial charge in [0.05, 0.1) is 7.11 Å². The molecular formula is C13H15NO3. The minimum Gasteiger partial charge on any atom is -0.453 e. The molecule has 90 valence electrons. The molecule has 0 spiro atoms. The van der Waals surface area contributed by atoms with Gasteiger partial charge in [0.2, 0.25) is 0 Å². The highest BCUT2D eigenvalue weighted by atomic mass is 16.5. The van der Waals surface area contributed by atoms with Gasteiger partial charge in [-0.2, -0.15) is 0 Å². The van der Waals surface area contributed by atoms with E-state index in [1.54, 1.807) is 4.90 Å². The van der Waals surface area contributed by atoms with Gasteiger partial charge in [-0.25, -0.2) is 4.79 Å². The van der Waals surface area contributed by atoms with Crippen LogP contribution in [0.25, 0.3) is 0 Å². The Morgan fingerprint density at radius 1 is 1.35 bits per heavy atom. The van der Waals surface area contributed by atoms with Crippen molar-refractivity contribution in [1.82, 2.24) is 4.90 Å². The van der Waals surface area contributed by atoms with Crippen LogP contribution in [-0.2, 0) is 16.1 Å². The fourth-order valence-corrected chi connectivity index (χ4v) is 1.93. The second-order valence-electron chi connectivity index (χ2n) is 4.18. The van der Waals surface area contributed by atoms with Crippen LogP contribution in [0.15, 0.2) is 30.3 Å². The van der Waals surface area contributed by atoms with E-state index in [0.29, 0.717) is 19.4 Å². The summed E-state index contributed by atoms with van der Waals surface area (Å²) >= 11 is 0. The Kier molecular flexibility index (Phi) is 3.42. The largest absolute Gasteiger partial charge is 0.453 e. The molecule has 0 aliphatic heterocycles. The van der Waals surface area contributed by atoms with E-state index in [4.69, 9.17) is 4.74 Å². The van der Waals surface area contributed by atoms with Gasteiger partial charge in [-0.15, -0.1) is 0 Å². The second-order valence-corrected chi connectivity index (χ2v) is 4.18. The SMILES string of the molecule is COC(=O)N(Cc1ccccc1)C1CC(=O)C1. The maximum Gasteiger partial charge on any atom is 0.410 e. The predicted octanol–water partition coefficient (Wildman–Crippen LogP) is 1.99. The van der Waals surface area contributed by atoms with E-state index >= 15 is 0 Å². The topological polar surface area (TPSA) is 46.6 Å². The van der Waals surface area contributed by atoms with E-state index in [1.807, 2.05) is 30.3 Å². The fraction of sp³-hybridized carbons (Fsp3) is 0.385. The number of ether oxygens (including phenoxy) is 1. The van der Waals surface area contributed by atoms with Crippen molar-refractivity contribution in [2.75, 3.05) is 7.11 Å². The van der Waals surface area contributed by atoms with Gasteiger partial charge in [0, 0.05) is 25.4 Å². The van der Waals surface area contributed by atoms with Gasteiger partial charge in [0.25, 0.3) is 0 Å². The van der Waals surface area contributed by atoms with Crippen LogP contribution >= 0.6 is 0 Å². The smallest absolute Gasteiger partial charge is 0.410 e. The van der Waals surface area contributed by atoms with E-state index in [1.165, 1.54) is 7.11 Å². The van der Waals surface area contributed by atoms with Gasteiger partial charge < -0.3 is 9.64 Å².